The number of benzene rings is 2. The molecule has 0 fully saturated rings. The van der Waals surface area contributed by atoms with Crippen LogP contribution in [0.1, 0.15) is 5.56 Å². The molecule has 1 unspecified atom stereocenters. The predicted molar refractivity (Wildman–Crippen MR) is 86.9 cm³/mol. The van der Waals surface area contributed by atoms with Gasteiger partial charge in [-0.2, -0.15) is 0 Å². The first kappa shape index (κ1) is 15.5. The zero-order chi connectivity index (χ0) is 15.4. The smallest absolute Gasteiger partial charge is 0.237 e. The van der Waals surface area contributed by atoms with Crippen LogP contribution in [0.4, 0.5) is 11.4 Å². The summed E-state index contributed by atoms with van der Waals surface area (Å²) in [5.41, 5.74) is 7.73. The Bertz CT molecular complexity index is 684. The van der Waals surface area contributed by atoms with Crippen LogP contribution < -0.4 is 11.1 Å². The van der Waals surface area contributed by atoms with Crippen molar-refractivity contribution in [3.05, 3.63) is 53.1 Å². The summed E-state index contributed by atoms with van der Waals surface area (Å²) >= 11 is 5.99. The lowest BCUT2D eigenvalue weighted by Gasteiger charge is -2.10. The molecule has 6 heteroatoms. The number of hydrogen-bond donors (Lipinski definition) is 2. The Hall–Kier alpha value is -1.85. The first-order chi connectivity index (χ1) is 9.99. The van der Waals surface area contributed by atoms with Crippen LogP contribution in [0.2, 0.25) is 5.02 Å². The van der Waals surface area contributed by atoms with Gasteiger partial charge in [-0.1, -0.05) is 35.9 Å². The second-order valence-corrected chi connectivity index (χ2v) is 6.31. The number of rotatable bonds is 4. The highest BCUT2D eigenvalue weighted by Crippen LogP contribution is 2.26. The molecular formula is C15H15ClN2O2S. The minimum atomic E-state index is -1.59. The highest BCUT2D eigenvalue weighted by Gasteiger charge is 2.16. The summed E-state index contributed by atoms with van der Waals surface area (Å²) in [4.78, 5) is 12.3. The van der Waals surface area contributed by atoms with Crippen molar-refractivity contribution in [1.82, 2.24) is 0 Å². The Morgan fingerprint density at radius 1 is 1.24 bits per heavy atom. The molecule has 0 radical (unpaired) electrons. The number of anilines is 2. The van der Waals surface area contributed by atoms with Crippen LogP contribution in [0, 0.1) is 6.92 Å². The summed E-state index contributed by atoms with van der Waals surface area (Å²) in [5.74, 6) is -0.538. The summed E-state index contributed by atoms with van der Waals surface area (Å²) in [6, 6.07) is 12.3. The van der Waals surface area contributed by atoms with Crippen LogP contribution in [0.3, 0.4) is 0 Å². The van der Waals surface area contributed by atoms with Crippen molar-refractivity contribution in [3.63, 3.8) is 0 Å². The lowest BCUT2D eigenvalue weighted by atomic mass is 10.2. The Balaban J connectivity index is 2.10. The largest absolute Gasteiger partial charge is 0.398 e. The lowest BCUT2D eigenvalue weighted by molar-refractivity contribution is -0.113. The first-order valence-electron chi connectivity index (χ1n) is 6.27. The van der Waals surface area contributed by atoms with E-state index in [2.05, 4.69) is 5.32 Å². The molecule has 1 atom stereocenters. The molecule has 4 nitrogen and oxygen atoms in total. The fraction of sp³-hybridized carbons (Fsp3) is 0.133. The molecule has 0 heterocycles. The molecule has 2 aromatic rings. The third-order valence-electron chi connectivity index (χ3n) is 2.91. The van der Waals surface area contributed by atoms with Gasteiger partial charge in [0, 0.05) is 11.4 Å². The number of carbonyl (C=O) groups is 1. The minimum Gasteiger partial charge on any atom is -0.398 e. The summed E-state index contributed by atoms with van der Waals surface area (Å²) in [6.45, 7) is 1.89. The van der Waals surface area contributed by atoms with Gasteiger partial charge in [-0.05, 0) is 30.7 Å². The van der Waals surface area contributed by atoms with Gasteiger partial charge in [0.15, 0.2) is 0 Å². The van der Waals surface area contributed by atoms with E-state index in [0.717, 1.165) is 5.56 Å². The van der Waals surface area contributed by atoms with Crippen molar-refractivity contribution < 1.29 is 9.00 Å². The van der Waals surface area contributed by atoms with Crippen LogP contribution in [0.5, 0.6) is 0 Å². The molecule has 0 aliphatic heterocycles. The molecule has 1 amide bonds. The number of hydrogen-bond acceptors (Lipinski definition) is 3. The number of nitrogen functional groups attached to an aromatic ring is 1. The lowest BCUT2D eigenvalue weighted by Crippen LogP contribution is -2.20. The number of halogens is 1. The topological polar surface area (TPSA) is 72.2 Å². The molecule has 2 aromatic carbocycles. The van der Waals surface area contributed by atoms with Gasteiger partial charge in [0.2, 0.25) is 5.91 Å². The van der Waals surface area contributed by atoms with Crippen molar-refractivity contribution >= 4 is 39.7 Å². The van der Waals surface area contributed by atoms with Gasteiger partial charge in [-0.25, -0.2) is 0 Å². The highest BCUT2D eigenvalue weighted by atomic mass is 35.5. The SMILES string of the molecule is Cc1ccccc1NC(=O)CS(=O)c1c(N)cccc1Cl. The molecule has 0 saturated heterocycles. The Labute approximate surface area is 130 Å². The Morgan fingerprint density at radius 2 is 1.95 bits per heavy atom. The molecule has 0 aliphatic rings. The van der Waals surface area contributed by atoms with Crippen molar-refractivity contribution in [3.8, 4) is 0 Å². The van der Waals surface area contributed by atoms with Crippen molar-refractivity contribution in [2.75, 3.05) is 16.8 Å². The average Bonchev–Trinajstić information content (AvgIpc) is 2.41. The fourth-order valence-corrected chi connectivity index (χ4v) is 3.37. The first-order valence-corrected chi connectivity index (χ1v) is 7.96. The maximum absolute atomic E-state index is 12.3. The average molecular weight is 323 g/mol. The van der Waals surface area contributed by atoms with E-state index in [0.29, 0.717) is 21.3 Å². The van der Waals surface area contributed by atoms with E-state index < -0.39 is 10.8 Å². The van der Waals surface area contributed by atoms with Gasteiger partial charge in [0.1, 0.15) is 5.75 Å². The van der Waals surface area contributed by atoms with Crippen molar-refractivity contribution in [2.24, 2.45) is 0 Å². The molecule has 0 aromatic heterocycles. The van der Waals surface area contributed by atoms with Crippen LogP contribution in [-0.2, 0) is 15.6 Å². The molecular weight excluding hydrogens is 308 g/mol. The number of nitrogens with two attached hydrogens (primary N) is 1. The zero-order valence-electron chi connectivity index (χ0n) is 11.4. The van der Waals surface area contributed by atoms with Gasteiger partial charge in [0.05, 0.1) is 20.7 Å². The molecule has 3 N–H and O–H groups in total. The van der Waals surface area contributed by atoms with E-state index in [1.165, 1.54) is 0 Å². The van der Waals surface area contributed by atoms with E-state index in [1.807, 2.05) is 25.1 Å². The highest BCUT2D eigenvalue weighted by molar-refractivity contribution is 7.86. The second kappa shape index (κ2) is 6.74. The number of nitrogens with one attached hydrogen (secondary N) is 1. The second-order valence-electron chi connectivity index (χ2n) is 4.51. The minimum absolute atomic E-state index is 0.192. The van der Waals surface area contributed by atoms with Crippen molar-refractivity contribution in [2.45, 2.75) is 11.8 Å². The molecule has 0 aliphatic carbocycles. The fourth-order valence-electron chi connectivity index (χ4n) is 1.86. The summed E-state index contributed by atoms with van der Waals surface area (Å²) in [5, 5.41) is 3.04. The third-order valence-corrected chi connectivity index (χ3v) is 4.77. The van der Waals surface area contributed by atoms with E-state index in [4.69, 9.17) is 17.3 Å². The van der Waals surface area contributed by atoms with Crippen LogP contribution in [0.15, 0.2) is 47.4 Å². The number of carbonyl (C=O) groups excluding carboxylic acids is 1. The van der Waals surface area contributed by atoms with Gasteiger partial charge in [0.25, 0.3) is 0 Å². The number of amides is 1. The Morgan fingerprint density at radius 3 is 2.62 bits per heavy atom. The number of para-hydroxylation sites is 1. The van der Waals surface area contributed by atoms with E-state index >= 15 is 0 Å². The van der Waals surface area contributed by atoms with Crippen molar-refractivity contribution in [1.29, 1.82) is 0 Å². The maximum Gasteiger partial charge on any atom is 0.237 e. The van der Waals surface area contributed by atoms with Crippen LogP contribution in [-0.4, -0.2) is 15.9 Å². The summed E-state index contributed by atoms with van der Waals surface area (Å²) in [7, 11) is -1.59. The number of aryl methyl sites for hydroxylation is 1. The monoisotopic (exact) mass is 322 g/mol. The zero-order valence-corrected chi connectivity index (χ0v) is 13.0. The quantitative estimate of drug-likeness (QED) is 0.850. The molecule has 21 heavy (non-hydrogen) atoms. The van der Waals surface area contributed by atoms with Gasteiger partial charge in [-0.15, -0.1) is 0 Å². The molecule has 0 spiro atoms. The standard InChI is InChI=1S/C15H15ClN2O2S/c1-10-5-2-3-8-13(10)18-14(19)9-21(20)15-11(16)6-4-7-12(15)17/h2-8H,9,17H2,1H3,(H,18,19). The molecule has 110 valence electrons. The summed E-state index contributed by atoms with van der Waals surface area (Å²) < 4.78 is 12.3. The van der Waals surface area contributed by atoms with Gasteiger partial charge in [-0.3, -0.25) is 9.00 Å². The normalized spacial score (nSPS) is 11.9. The molecule has 2 rings (SSSR count). The molecule has 0 bridgehead atoms. The van der Waals surface area contributed by atoms with Gasteiger partial charge >= 0.3 is 0 Å². The van der Waals surface area contributed by atoms with E-state index in [-0.39, 0.29) is 11.7 Å². The maximum atomic E-state index is 12.3. The predicted octanol–water partition coefficient (Wildman–Crippen LogP) is 2.98. The summed E-state index contributed by atoms with van der Waals surface area (Å²) in [6.07, 6.45) is 0. The van der Waals surface area contributed by atoms with E-state index in [9.17, 15) is 9.00 Å². The molecule has 0 saturated carbocycles. The van der Waals surface area contributed by atoms with Gasteiger partial charge < -0.3 is 11.1 Å². The van der Waals surface area contributed by atoms with Crippen LogP contribution in [0.25, 0.3) is 0 Å². The Kier molecular flexibility index (Phi) is 4.98. The van der Waals surface area contributed by atoms with E-state index in [1.54, 1.807) is 24.3 Å². The van der Waals surface area contributed by atoms with Crippen LogP contribution >= 0.6 is 11.6 Å². The third kappa shape index (κ3) is 3.83.